The van der Waals surface area contributed by atoms with Crippen LogP contribution in [-0.4, -0.2) is 29.7 Å². The second kappa shape index (κ2) is 5.02. The Balaban J connectivity index is 1.79. The van der Waals surface area contributed by atoms with E-state index in [-0.39, 0.29) is 6.01 Å². The topological polar surface area (TPSA) is 47.0 Å². The summed E-state index contributed by atoms with van der Waals surface area (Å²) < 4.78 is 17.9. The summed E-state index contributed by atoms with van der Waals surface area (Å²) in [5.41, 5.74) is 0. The number of ether oxygens (including phenoxy) is 1. The third-order valence-electron chi connectivity index (χ3n) is 2.44. The average Bonchev–Trinajstić information content (AvgIpc) is 2.30. The molecule has 2 rings (SSSR count). The van der Waals surface area contributed by atoms with Crippen LogP contribution in [0.1, 0.15) is 12.8 Å². The van der Waals surface area contributed by atoms with Gasteiger partial charge in [-0.1, -0.05) is 0 Å². The van der Waals surface area contributed by atoms with Gasteiger partial charge in [-0.05, 0) is 19.4 Å². The van der Waals surface area contributed by atoms with Gasteiger partial charge in [-0.15, -0.1) is 0 Å². The summed E-state index contributed by atoms with van der Waals surface area (Å²) in [6.07, 6.45) is 4.56. The molecule has 1 aliphatic heterocycles. The standard InChI is InChI=1S/C10H14FN3O/c11-9-5-13-10(14-6-9)15-7-8-2-1-3-12-4-8/h5-6,8,12H,1-4,7H2/t8-/m0/s1. The lowest BCUT2D eigenvalue weighted by molar-refractivity contribution is 0.204. The van der Waals surface area contributed by atoms with Crippen molar-refractivity contribution < 1.29 is 9.13 Å². The van der Waals surface area contributed by atoms with Crippen LogP contribution in [0.3, 0.4) is 0 Å². The monoisotopic (exact) mass is 211 g/mol. The van der Waals surface area contributed by atoms with Crippen LogP contribution in [0.25, 0.3) is 0 Å². The lowest BCUT2D eigenvalue weighted by Crippen LogP contribution is -2.33. The van der Waals surface area contributed by atoms with Crippen molar-refractivity contribution in [2.45, 2.75) is 12.8 Å². The Hall–Kier alpha value is -1.23. The Morgan fingerprint density at radius 2 is 2.27 bits per heavy atom. The molecule has 0 bridgehead atoms. The first-order chi connectivity index (χ1) is 7.34. The molecule has 0 aliphatic carbocycles. The van der Waals surface area contributed by atoms with E-state index in [1.807, 2.05) is 0 Å². The first-order valence-corrected chi connectivity index (χ1v) is 5.15. The van der Waals surface area contributed by atoms with E-state index in [2.05, 4.69) is 15.3 Å². The Labute approximate surface area is 87.9 Å². The zero-order valence-electron chi connectivity index (χ0n) is 8.45. The Morgan fingerprint density at radius 3 is 2.93 bits per heavy atom. The maximum Gasteiger partial charge on any atom is 0.316 e. The number of rotatable bonds is 3. The highest BCUT2D eigenvalue weighted by Crippen LogP contribution is 2.11. The zero-order chi connectivity index (χ0) is 10.5. The molecule has 2 heterocycles. The van der Waals surface area contributed by atoms with E-state index in [9.17, 15) is 4.39 Å². The van der Waals surface area contributed by atoms with Gasteiger partial charge in [0.1, 0.15) is 0 Å². The van der Waals surface area contributed by atoms with Gasteiger partial charge in [0, 0.05) is 12.5 Å². The predicted molar refractivity (Wildman–Crippen MR) is 53.1 cm³/mol. The quantitative estimate of drug-likeness (QED) is 0.810. The second-order valence-electron chi connectivity index (χ2n) is 3.71. The van der Waals surface area contributed by atoms with Crippen LogP contribution in [0.5, 0.6) is 6.01 Å². The highest BCUT2D eigenvalue weighted by Gasteiger charge is 2.13. The van der Waals surface area contributed by atoms with Gasteiger partial charge < -0.3 is 10.1 Å². The number of hydrogen-bond acceptors (Lipinski definition) is 4. The summed E-state index contributed by atoms with van der Waals surface area (Å²) in [6.45, 7) is 2.66. The molecule has 15 heavy (non-hydrogen) atoms. The summed E-state index contributed by atoms with van der Waals surface area (Å²) in [6, 6.07) is 0.252. The molecule has 0 aromatic carbocycles. The van der Waals surface area contributed by atoms with Gasteiger partial charge >= 0.3 is 6.01 Å². The molecule has 0 saturated carbocycles. The minimum atomic E-state index is -0.443. The molecule has 0 unspecified atom stereocenters. The van der Waals surface area contributed by atoms with E-state index in [1.165, 1.54) is 6.42 Å². The van der Waals surface area contributed by atoms with E-state index < -0.39 is 5.82 Å². The number of nitrogens with zero attached hydrogens (tertiary/aromatic N) is 2. The Kier molecular flexibility index (Phi) is 3.45. The van der Waals surface area contributed by atoms with Gasteiger partial charge in [0.2, 0.25) is 0 Å². The second-order valence-corrected chi connectivity index (χ2v) is 3.71. The van der Waals surface area contributed by atoms with Gasteiger partial charge in [0.15, 0.2) is 5.82 Å². The van der Waals surface area contributed by atoms with Crippen LogP contribution in [0.15, 0.2) is 12.4 Å². The third-order valence-corrected chi connectivity index (χ3v) is 2.44. The van der Waals surface area contributed by atoms with Crippen molar-refractivity contribution in [2.75, 3.05) is 19.7 Å². The third kappa shape index (κ3) is 3.13. The van der Waals surface area contributed by atoms with Gasteiger partial charge in [-0.3, -0.25) is 0 Å². The molecule has 82 valence electrons. The molecule has 0 radical (unpaired) electrons. The molecular formula is C10H14FN3O. The number of nitrogens with one attached hydrogen (secondary N) is 1. The van der Waals surface area contributed by atoms with Crippen molar-refractivity contribution in [3.05, 3.63) is 18.2 Å². The van der Waals surface area contributed by atoms with Gasteiger partial charge in [0.05, 0.1) is 19.0 Å². The predicted octanol–water partition coefficient (Wildman–Crippen LogP) is 0.994. The molecule has 1 saturated heterocycles. The van der Waals surface area contributed by atoms with Crippen molar-refractivity contribution in [3.8, 4) is 6.01 Å². The molecule has 1 aromatic heterocycles. The molecule has 5 heteroatoms. The van der Waals surface area contributed by atoms with E-state index in [4.69, 9.17) is 4.74 Å². The lowest BCUT2D eigenvalue weighted by atomic mass is 10.0. The summed E-state index contributed by atoms with van der Waals surface area (Å²) >= 11 is 0. The molecule has 1 fully saturated rings. The first-order valence-electron chi connectivity index (χ1n) is 5.15. The molecule has 1 atom stereocenters. The molecule has 1 aromatic rings. The van der Waals surface area contributed by atoms with Gasteiger partial charge in [-0.2, -0.15) is 0 Å². The normalized spacial score (nSPS) is 21.3. The van der Waals surface area contributed by atoms with Crippen LogP contribution < -0.4 is 10.1 Å². The van der Waals surface area contributed by atoms with Crippen molar-refractivity contribution >= 4 is 0 Å². The van der Waals surface area contributed by atoms with Crippen LogP contribution >= 0.6 is 0 Å². The fraction of sp³-hybridized carbons (Fsp3) is 0.600. The van der Waals surface area contributed by atoms with E-state index in [0.717, 1.165) is 31.9 Å². The highest BCUT2D eigenvalue weighted by molar-refractivity contribution is 4.95. The van der Waals surface area contributed by atoms with Crippen molar-refractivity contribution in [2.24, 2.45) is 5.92 Å². The first kappa shape index (κ1) is 10.3. The highest BCUT2D eigenvalue weighted by atomic mass is 19.1. The van der Waals surface area contributed by atoms with Crippen LogP contribution in [0.4, 0.5) is 4.39 Å². The Morgan fingerprint density at radius 1 is 1.47 bits per heavy atom. The van der Waals surface area contributed by atoms with E-state index in [0.29, 0.717) is 12.5 Å². The van der Waals surface area contributed by atoms with Crippen molar-refractivity contribution in [1.29, 1.82) is 0 Å². The van der Waals surface area contributed by atoms with Crippen LogP contribution in [0, 0.1) is 11.7 Å². The number of piperidine rings is 1. The van der Waals surface area contributed by atoms with Crippen molar-refractivity contribution in [1.82, 2.24) is 15.3 Å². The summed E-state index contributed by atoms with van der Waals surface area (Å²) in [4.78, 5) is 7.47. The van der Waals surface area contributed by atoms with Crippen molar-refractivity contribution in [3.63, 3.8) is 0 Å². The molecule has 1 N–H and O–H groups in total. The molecule has 4 nitrogen and oxygen atoms in total. The average molecular weight is 211 g/mol. The number of aromatic nitrogens is 2. The van der Waals surface area contributed by atoms with E-state index in [1.54, 1.807) is 0 Å². The SMILES string of the molecule is Fc1cnc(OC[C@H]2CCCNC2)nc1. The maximum atomic E-state index is 12.5. The van der Waals surface area contributed by atoms with E-state index >= 15 is 0 Å². The number of hydrogen-bond donors (Lipinski definition) is 1. The minimum absolute atomic E-state index is 0.252. The number of halogens is 1. The summed E-state index contributed by atoms with van der Waals surface area (Å²) in [5.74, 6) is 0.0640. The minimum Gasteiger partial charge on any atom is -0.463 e. The lowest BCUT2D eigenvalue weighted by Gasteiger charge is -2.22. The van der Waals surface area contributed by atoms with Crippen LogP contribution in [0.2, 0.25) is 0 Å². The molecular weight excluding hydrogens is 197 g/mol. The summed E-state index contributed by atoms with van der Waals surface area (Å²) in [5, 5.41) is 3.30. The Bertz CT molecular complexity index is 298. The van der Waals surface area contributed by atoms with Gasteiger partial charge in [-0.25, -0.2) is 14.4 Å². The molecule has 0 spiro atoms. The molecule has 1 aliphatic rings. The largest absolute Gasteiger partial charge is 0.463 e. The fourth-order valence-electron chi connectivity index (χ4n) is 1.63. The molecule has 0 amide bonds. The van der Waals surface area contributed by atoms with Gasteiger partial charge in [0.25, 0.3) is 0 Å². The maximum absolute atomic E-state index is 12.5. The zero-order valence-corrected chi connectivity index (χ0v) is 8.45. The smallest absolute Gasteiger partial charge is 0.316 e. The fourth-order valence-corrected chi connectivity index (χ4v) is 1.63. The summed E-state index contributed by atoms with van der Waals surface area (Å²) in [7, 11) is 0. The van der Waals surface area contributed by atoms with Crippen LogP contribution in [-0.2, 0) is 0 Å².